The minimum absolute atomic E-state index is 0.000936. The number of benzene rings is 2. The lowest BCUT2D eigenvalue weighted by molar-refractivity contribution is -0.127. The van der Waals surface area contributed by atoms with Gasteiger partial charge in [-0.2, -0.15) is 0 Å². The van der Waals surface area contributed by atoms with Crippen LogP contribution in [-0.4, -0.2) is 38.5 Å². The van der Waals surface area contributed by atoms with Gasteiger partial charge in [0.2, 0.25) is 11.1 Å². The van der Waals surface area contributed by atoms with E-state index in [1.54, 1.807) is 11.9 Å². The van der Waals surface area contributed by atoms with Crippen LogP contribution in [0.1, 0.15) is 33.6 Å². The first-order chi connectivity index (χ1) is 14.7. The summed E-state index contributed by atoms with van der Waals surface area (Å²) in [5.41, 5.74) is 5.79. The molecule has 0 bridgehead atoms. The summed E-state index contributed by atoms with van der Waals surface area (Å²) in [6.07, 6.45) is 0. The predicted molar refractivity (Wildman–Crippen MR) is 124 cm³/mol. The Morgan fingerprint density at radius 2 is 1.77 bits per heavy atom. The van der Waals surface area contributed by atoms with Crippen LogP contribution in [0.4, 0.5) is 0 Å². The minimum atomic E-state index is 0.000936. The highest BCUT2D eigenvalue weighted by Gasteiger charge is 2.16. The van der Waals surface area contributed by atoms with Crippen molar-refractivity contribution in [3.63, 3.8) is 0 Å². The zero-order chi connectivity index (χ0) is 22.5. The molecule has 3 rings (SSSR count). The Hall–Kier alpha value is -3.00. The number of aromatic nitrogens is 3. The molecule has 0 aliphatic heterocycles. The van der Waals surface area contributed by atoms with Gasteiger partial charge in [0, 0.05) is 13.6 Å². The van der Waals surface area contributed by atoms with Crippen molar-refractivity contribution in [3.8, 4) is 5.75 Å². The van der Waals surface area contributed by atoms with Crippen LogP contribution in [0.15, 0.2) is 41.6 Å². The summed E-state index contributed by atoms with van der Waals surface area (Å²) in [6, 6.07) is 12.3. The first-order valence-corrected chi connectivity index (χ1v) is 11.0. The summed E-state index contributed by atoms with van der Waals surface area (Å²) in [4.78, 5) is 14.3. The molecule has 0 aliphatic carbocycles. The monoisotopic (exact) mass is 439 g/mol. The maximum atomic E-state index is 12.6. The van der Waals surface area contributed by atoms with Crippen LogP contribution in [0.5, 0.6) is 5.75 Å². The molecule has 2 aromatic carbocycles. The summed E-state index contributed by atoms with van der Waals surface area (Å²) in [7, 11) is 1.80. The zero-order valence-corrected chi connectivity index (χ0v) is 19.5. The van der Waals surface area contributed by atoms with E-state index >= 15 is 0 Å². The van der Waals surface area contributed by atoms with Gasteiger partial charge in [-0.1, -0.05) is 41.6 Å². The Bertz CT molecular complexity index is 1060. The second-order valence-electron chi connectivity index (χ2n) is 7.85. The molecule has 164 valence electrons. The molecule has 0 fully saturated rings. The van der Waals surface area contributed by atoms with E-state index in [0.29, 0.717) is 17.5 Å². The van der Waals surface area contributed by atoms with Gasteiger partial charge < -0.3 is 15.5 Å². The minimum Gasteiger partial charge on any atom is -0.486 e. The normalized spacial score (nSPS) is 10.9. The number of carbonyl (C=O) groups is 1. The number of ether oxygens (including phenoxy) is 1. The summed E-state index contributed by atoms with van der Waals surface area (Å²) >= 11 is 1.27. The fourth-order valence-corrected chi connectivity index (χ4v) is 4.09. The molecule has 0 spiro atoms. The summed E-state index contributed by atoms with van der Waals surface area (Å²) in [6.45, 7) is 8.94. The van der Waals surface area contributed by atoms with E-state index in [0.717, 1.165) is 22.4 Å². The SMILES string of the molecule is Cc1cc(C)cc(OCc2nnc(SCC(=O)N(C)Cc3ccc(C)cc3C)n2N)c1. The van der Waals surface area contributed by atoms with Crippen molar-refractivity contribution in [2.75, 3.05) is 18.6 Å². The molecule has 7 nitrogen and oxygen atoms in total. The highest BCUT2D eigenvalue weighted by molar-refractivity contribution is 7.99. The van der Waals surface area contributed by atoms with E-state index in [-0.39, 0.29) is 18.3 Å². The standard InChI is InChI=1S/C23H29N5O2S/c1-15-6-7-19(18(4)9-15)12-27(5)22(29)14-31-23-26-25-21(28(23)24)13-30-20-10-16(2)8-17(3)11-20/h6-11H,12-14,24H2,1-5H3. The van der Waals surface area contributed by atoms with Crippen LogP contribution < -0.4 is 10.6 Å². The van der Waals surface area contributed by atoms with Crippen molar-refractivity contribution in [3.05, 3.63) is 70.0 Å². The topological polar surface area (TPSA) is 86.3 Å². The second kappa shape index (κ2) is 9.87. The molecule has 0 atom stereocenters. The molecule has 1 heterocycles. The third kappa shape index (κ3) is 6.01. The quantitative estimate of drug-likeness (QED) is 0.427. The average Bonchev–Trinajstić information content (AvgIpc) is 3.05. The number of nitrogen functional groups attached to an aromatic ring is 1. The van der Waals surface area contributed by atoms with Gasteiger partial charge in [-0.15, -0.1) is 10.2 Å². The van der Waals surface area contributed by atoms with E-state index < -0.39 is 0 Å². The first kappa shape index (κ1) is 22.7. The highest BCUT2D eigenvalue weighted by atomic mass is 32.2. The van der Waals surface area contributed by atoms with E-state index in [1.165, 1.54) is 27.6 Å². The van der Waals surface area contributed by atoms with Gasteiger partial charge in [-0.25, -0.2) is 4.68 Å². The highest BCUT2D eigenvalue weighted by Crippen LogP contribution is 2.20. The molecule has 0 saturated carbocycles. The lowest BCUT2D eigenvalue weighted by Gasteiger charge is -2.18. The summed E-state index contributed by atoms with van der Waals surface area (Å²) in [5, 5.41) is 8.68. The number of nitrogens with zero attached hydrogens (tertiary/aromatic N) is 4. The van der Waals surface area contributed by atoms with Crippen molar-refractivity contribution in [1.82, 2.24) is 19.8 Å². The average molecular weight is 440 g/mol. The molecule has 8 heteroatoms. The number of amides is 1. The molecule has 2 N–H and O–H groups in total. The van der Waals surface area contributed by atoms with Gasteiger partial charge in [-0.3, -0.25) is 4.79 Å². The molecule has 0 saturated heterocycles. The lowest BCUT2D eigenvalue weighted by atomic mass is 10.1. The lowest BCUT2D eigenvalue weighted by Crippen LogP contribution is -2.28. The van der Waals surface area contributed by atoms with Gasteiger partial charge in [0.05, 0.1) is 5.75 Å². The van der Waals surface area contributed by atoms with Crippen LogP contribution in [0.2, 0.25) is 0 Å². The van der Waals surface area contributed by atoms with E-state index in [1.807, 2.05) is 26.0 Å². The third-order valence-corrected chi connectivity index (χ3v) is 5.88. The fourth-order valence-electron chi connectivity index (χ4n) is 3.27. The predicted octanol–water partition coefficient (Wildman–Crippen LogP) is 3.56. The summed E-state index contributed by atoms with van der Waals surface area (Å²) < 4.78 is 7.19. The molecule has 0 aliphatic rings. The number of hydrogen-bond acceptors (Lipinski definition) is 6. The van der Waals surface area contributed by atoms with E-state index in [9.17, 15) is 4.79 Å². The van der Waals surface area contributed by atoms with Crippen molar-refractivity contribution in [1.29, 1.82) is 0 Å². The molecule has 0 radical (unpaired) electrons. The molecule has 1 aromatic heterocycles. The first-order valence-electron chi connectivity index (χ1n) is 10.1. The van der Waals surface area contributed by atoms with E-state index in [4.69, 9.17) is 10.6 Å². The van der Waals surface area contributed by atoms with Crippen molar-refractivity contribution in [2.24, 2.45) is 0 Å². The second-order valence-corrected chi connectivity index (χ2v) is 8.79. The molecule has 3 aromatic rings. The van der Waals surface area contributed by atoms with Crippen LogP contribution in [0.25, 0.3) is 0 Å². The Balaban J connectivity index is 1.54. The number of rotatable bonds is 8. The molecular formula is C23H29N5O2S. The van der Waals surface area contributed by atoms with Gasteiger partial charge in [-0.05, 0) is 62.1 Å². The maximum absolute atomic E-state index is 12.6. The van der Waals surface area contributed by atoms with Gasteiger partial charge in [0.15, 0.2) is 5.82 Å². The Kier molecular flexibility index (Phi) is 7.22. The molecule has 0 unspecified atom stereocenters. The molecule has 31 heavy (non-hydrogen) atoms. The van der Waals surface area contributed by atoms with Crippen LogP contribution in [0.3, 0.4) is 0 Å². The number of aryl methyl sites for hydroxylation is 4. The molecular weight excluding hydrogens is 410 g/mol. The van der Waals surface area contributed by atoms with Crippen molar-refractivity contribution >= 4 is 17.7 Å². The van der Waals surface area contributed by atoms with Crippen molar-refractivity contribution in [2.45, 2.75) is 46.0 Å². The van der Waals surface area contributed by atoms with Crippen LogP contribution in [0, 0.1) is 27.7 Å². The zero-order valence-electron chi connectivity index (χ0n) is 18.7. The number of hydrogen-bond donors (Lipinski definition) is 1. The van der Waals surface area contributed by atoms with E-state index in [2.05, 4.69) is 48.3 Å². The van der Waals surface area contributed by atoms with Crippen molar-refractivity contribution < 1.29 is 9.53 Å². The Morgan fingerprint density at radius 3 is 2.45 bits per heavy atom. The van der Waals surface area contributed by atoms with Gasteiger partial charge in [0.25, 0.3) is 0 Å². The summed E-state index contributed by atoms with van der Waals surface area (Å²) in [5.74, 6) is 7.60. The smallest absolute Gasteiger partial charge is 0.233 e. The number of carbonyl (C=O) groups excluding carboxylic acids is 1. The van der Waals surface area contributed by atoms with Gasteiger partial charge >= 0.3 is 0 Å². The van der Waals surface area contributed by atoms with Gasteiger partial charge in [0.1, 0.15) is 12.4 Å². The largest absolute Gasteiger partial charge is 0.486 e. The Labute approximate surface area is 187 Å². The third-order valence-electron chi connectivity index (χ3n) is 4.95. The number of thioether (sulfide) groups is 1. The van der Waals surface area contributed by atoms with Crippen LogP contribution in [-0.2, 0) is 17.9 Å². The Morgan fingerprint density at radius 1 is 1.06 bits per heavy atom. The molecule has 1 amide bonds. The maximum Gasteiger partial charge on any atom is 0.233 e. The fraction of sp³-hybridized carbons (Fsp3) is 0.348. The van der Waals surface area contributed by atoms with Crippen LogP contribution >= 0.6 is 11.8 Å². The number of nitrogens with two attached hydrogens (primary N) is 1.